The molecule has 0 spiro atoms. The molecule has 1 aliphatic rings. The summed E-state index contributed by atoms with van der Waals surface area (Å²) in [7, 11) is 0. The highest BCUT2D eigenvalue weighted by atomic mass is 16.2. The molecule has 0 saturated heterocycles. The Morgan fingerprint density at radius 2 is 2.13 bits per heavy atom. The lowest BCUT2D eigenvalue weighted by Gasteiger charge is -2.25. The van der Waals surface area contributed by atoms with E-state index in [0.29, 0.717) is 12.1 Å². The molecule has 1 aromatic rings. The van der Waals surface area contributed by atoms with Crippen molar-refractivity contribution >= 4 is 11.8 Å². The van der Waals surface area contributed by atoms with Gasteiger partial charge in [0.2, 0.25) is 5.91 Å². The fraction of sp³-hybridized carbons (Fsp3) is 0.333. The van der Waals surface area contributed by atoms with Gasteiger partial charge < -0.3 is 0 Å². The van der Waals surface area contributed by atoms with Gasteiger partial charge in [-0.05, 0) is 25.0 Å². The van der Waals surface area contributed by atoms with Gasteiger partial charge in [-0.1, -0.05) is 17.7 Å². The predicted molar refractivity (Wildman–Crippen MR) is 56.6 cm³/mol. The van der Waals surface area contributed by atoms with E-state index in [0.717, 1.165) is 17.5 Å². The highest BCUT2D eigenvalue weighted by Gasteiger charge is 2.26. The van der Waals surface area contributed by atoms with E-state index in [1.807, 2.05) is 25.1 Å². The third-order valence-electron chi connectivity index (χ3n) is 2.72. The molecular weight excluding hydrogens is 190 g/mol. The molecule has 0 aromatic heterocycles. The Kier molecular flexibility index (Phi) is 2.31. The predicted octanol–water partition coefficient (Wildman–Crippen LogP) is 1.54. The molecule has 2 rings (SSSR count). The normalized spacial score (nSPS) is 15.1. The number of nitrogens with zero attached hydrogens (tertiary/aromatic N) is 1. The zero-order chi connectivity index (χ0) is 11.0. The van der Waals surface area contributed by atoms with Gasteiger partial charge in [0.25, 0.3) is 5.91 Å². The second-order valence-electron chi connectivity index (χ2n) is 3.89. The molecule has 0 unspecified atom stereocenters. The van der Waals surface area contributed by atoms with E-state index >= 15 is 0 Å². The van der Waals surface area contributed by atoms with Crippen molar-refractivity contribution in [3.05, 3.63) is 34.9 Å². The maximum Gasteiger partial charge on any atom is 0.260 e. The second kappa shape index (κ2) is 3.50. The molecule has 0 radical (unpaired) electrons. The molecule has 3 heteroatoms. The van der Waals surface area contributed by atoms with Crippen molar-refractivity contribution in [1.82, 2.24) is 4.90 Å². The summed E-state index contributed by atoms with van der Waals surface area (Å²) in [6.45, 7) is 3.93. The topological polar surface area (TPSA) is 37.4 Å². The van der Waals surface area contributed by atoms with Crippen LogP contribution in [0, 0.1) is 6.92 Å². The summed E-state index contributed by atoms with van der Waals surface area (Å²) < 4.78 is 0. The molecule has 1 aromatic carbocycles. The third kappa shape index (κ3) is 1.65. The molecule has 2 amide bonds. The Hall–Kier alpha value is -1.64. The van der Waals surface area contributed by atoms with E-state index in [1.165, 1.54) is 11.8 Å². The fourth-order valence-electron chi connectivity index (χ4n) is 1.92. The van der Waals surface area contributed by atoms with Crippen molar-refractivity contribution in [3.8, 4) is 0 Å². The lowest BCUT2D eigenvalue weighted by molar-refractivity contribution is -0.126. The first-order valence-electron chi connectivity index (χ1n) is 5.01. The third-order valence-corrected chi connectivity index (χ3v) is 2.72. The maximum atomic E-state index is 11.9. The molecule has 1 aliphatic heterocycles. The van der Waals surface area contributed by atoms with E-state index < -0.39 is 0 Å². The smallest absolute Gasteiger partial charge is 0.260 e. The van der Waals surface area contributed by atoms with Crippen LogP contribution in [0.3, 0.4) is 0 Å². The molecule has 1 heterocycles. The molecule has 0 bridgehead atoms. The Labute approximate surface area is 88.7 Å². The average molecular weight is 203 g/mol. The van der Waals surface area contributed by atoms with Gasteiger partial charge in [-0.25, -0.2) is 0 Å². The van der Waals surface area contributed by atoms with Crippen LogP contribution in [-0.4, -0.2) is 23.3 Å². The van der Waals surface area contributed by atoms with Crippen LogP contribution < -0.4 is 0 Å². The van der Waals surface area contributed by atoms with E-state index in [2.05, 4.69) is 0 Å². The number of amides is 2. The molecule has 0 saturated carbocycles. The first-order chi connectivity index (χ1) is 7.09. The van der Waals surface area contributed by atoms with Gasteiger partial charge in [0.1, 0.15) is 0 Å². The maximum absolute atomic E-state index is 11.9. The van der Waals surface area contributed by atoms with Crippen LogP contribution in [0.5, 0.6) is 0 Å². The van der Waals surface area contributed by atoms with E-state index in [1.54, 1.807) is 0 Å². The number of benzene rings is 1. The van der Waals surface area contributed by atoms with Crippen LogP contribution in [-0.2, 0) is 11.2 Å². The number of hydrogen-bond acceptors (Lipinski definition) is 2. The number of fused-ring (bicyclic) bond motifs is 1. The minimum Gasteiger partial charge on any atom is -0.278 e. The summed E-state index contributed by atoms with van der Waals surface area (Å²) in [6.07, 6.45) is 0.766. The van der Waals surface area contributed by atoms with Gasteiger partial charge in [-0.2, -0.15) is 0 Å². The first-order valence-corrected chi connectivity index (χ1v) is 5.01. The molecule has 0 N–H and O–H groups in total. The standard InChI is InChI=1S/C12H13NO2/c1-8-3-4-11-10(7-8)5-6-13(9(2)14)12(11)15/h3-4,7H,5-6H2,1-2H3. The molecular formula is C12H13NO2. The summed E-state index contributed by atoms with van der Waals surface area (Å²) in [5.74, 6) is -0.338. The minimum absolute atomic E-state index is 0.163. The Morgan fingerprint density at radius 1 is 1.40 bits per heavy atom. The van der Waals surface area contributed by atoms with Gasteiger partial charge in [-0.15, -0.1) is 0 Å². The highest BCUT2D eigenvalue weighted by Crippen LogP contribution is 2.20. The number of hydrogen-bond donors (Lipinski definition) is 0. The summed E-state index contributed by atoms with van der Waals surface area (Å²) >= 11 is 0. The molecule has 3 nitrogen and oxygen atoms in total. The Morgan fingerprint density at radius 3 is 2.80 bits per heavy atom. The molecule has 78 valence electrons. The second-order valence-corrected chi connectivity index (χ2v) is 3.89. The monoisotopic (exact) mass is 203 g/mol. The van der Waals surface area contributed by atoms with Crippen LogP contribution in [0.4, 0.5) is 0 Å². The van der Waals surface area contributed by atoms with Crippen LogP contribution in [0.2, 0.25) is 0 Å². The van der Waals surface area contributed by atoms with Crippen molar-refractivity contribution in [2.75, 3.05) is 6.54 Å². The summed E-state index contributed by atoms with van der Waals surface area (Å²) in [5.41, 5.74) is 2.87. The number of carbonyl (C=O) groups is 2. The SMILES string of the molecule is CC(=O)N1CCc2cc(C)ccc2C1=O. The van der Waals surface area contributed by atoms with Crippen molar-refractivity contribution in [2.24, 2.45) is 0 Å². The quantitative estimate of drug-likeness (QED) is 0.641. The number of carbonyl (C=O) groups excluding carboxylic acids is 2. The first kappa shape index (κ1) is 9.90. The average Bonchev–Trinajstić information content (AvgIpc) is 2.17. The molecule has 15 heavy (non-hydrogen) atoms. The molecule has 0 aliphatic carbocycles. The van der Waals surface area contributed by atoms with Crippen LogP contribution >= 0.6 is 0 Å². The Balaban J connectivity index is 2.43. The molecule has 0 fully saturated rings. The van der Waals surface area contributed by atoms with E-state index in [4.69, 9.17) is 0 Å². The largest absolute Gasteiger partial charge is 0.278 e. The van der Waals surface area contributed by atoms with Gasteiger partial charge >= 0.3 is 0 Å². The summed E-state index contributed by atoms with van der Waals surface area (Å²) in [6, 6.07) is 5.73. The van der Waals surface area contributed by atoms with Crippen LogP contribution in [0.25, 0.3) is 0 Å². The van der Waals surface area contributed by atoms with Crippen LogP contribution in [0.15, 0.2) is 18.2 Å². The summed E-state index contributed by atoms with van der Waals surface area (Å²) in [4.78, 5) is 24.4. The summed E-state index contributed by atoms with van der Waals surface area (Å²) in [5, 5.41) is 0. The lowest BCUT2D eigenvalue weighted by atomic mass is 9.97. The van der Waals surface area contributed by atoms with Crippen molar-refractivity contribution in [3.63, 3.8) is 0 Å². The van der Waals surface area contributed by atoms with E-state index in [9.17, 15) is 9.59 Å². The van der Waals surface area contributed by atoms with Crippen molar-refractivity contribution in [1.29, 1.82) is 0 Å². The molecule has 0 atom stereocenters. The van der Waals surface area contributed by atoms with Crippen LogP contribution in [0.1, 0.15) is 28.4 Å². The minimum atomic E-state index is -0.175. The Bertz CT molecular complexity index is 437. The zero-order valence-corrected chi connectivity index (χ0v) is 8.91. The fourth-order valence-corrected chi connectivity index (χ4v) is 1.92. The van der Waals surface area contributed by atoms with Crippen molar-refractivity contribution in [2.45, 2.75) is 20.3 Å². The van der Waals surface area contributed by atoms with Gasteiger partial charge in [0, 0.05) is 19.0 Å². The highest BCUT2D eigenvalue weighted by molar-refractivity contribution is 6.05. The lowest BCUT2D eigenvalue weighted by Crippen LogP contribution is -2.40. The van der Waals surface area contributed by atoms with E-state index in [-0.39, 0.29) is 11.8 Å². The number of aryl methyl sites for hydroxylation is 1. The van der Waals surface area contributed by atoms with Gasteiger partial charge in [-0.3, -0.25) is 14.5 Å². The van der Waals surface area contributed by atoms with Gasteiger partial charge in [0.15, 0.2) is 0 Å². The number of imide groups is 1. The van der Waals surface area contributed by atoms with Crippen molar-refractivity contribution < 1.29 is 9.59 Å². The number of rotatable bonds is 0. The zero-order valence-electron chi connectivity index (χ0n) is 8.91. The van der Waals surface area contributed by atoms with Gasteiger partial charge in [0.05, 0.1) is 0 Å².